The average molecular weight is 313 g/mol. The van der Waals surface area contributed by atoms with E-state index in [9.17, 15) is 14.4 Å². The quantitative estimate of drug-likeness (QED) is 0.645. The molecule has 0 unspecified atom stereocenters. The third kappa shape index (κ3) is 3.74. The molecule has 5 nitrogen and oxygen atoms in total. The number of rotatable bonds is 6. The Bertz CT molecular complexity index is 701. The van der Waals surface area contributed by atoms with Gasteiger partial charge in [0, 0.05) is 29.8 Å². The monoisotopic (exact) mass is 313 g/mol. The maximum atomic E-state index is 12.5. The lowest BCUT2D eigenvalue weighted by atomic mass is 9.88. The van der Waals surface area contributed by atoms with Gasteiger partial charge in [-0.05, 0) is 25.0 Å². The molecule has 1 aliphatic carbocycles. The van der Waals surface area contributed by atoms with Gasteiger partial charge in [-0.3, -0.25) is 9.59 Å². The number of carbonyl (C=O) groups is 3. The highest BCUT2D eigenvalue weighted by atomic mass is 16.5. The van der Waals surface area contributed by atoms with Gasteiger partial charge in [0.15, 0.2) is 5.78 Å². The maximum Gasteiger partial charge on any atom is 0.330 e. The fourth-order valence-corrected chi connectivity index (χ4v) is 2.33. The van der Waals surface area contributed by atoms with Crippen molar-refractivity contribution in [2.24, 2.45) is 0 Å². The molecular formula is C18H19NO4. The van der Waals surface area contributed by atoms with Crippen molar-refractivity contribution in [2.75, 3.05) is 13.2 Å². The molecule has 0 saturated carbocycles. The lowest BCUT2D eigenvalue weighted by Crippen LogP contribution is -2.27. The summed E-state index contributed by atoms with van der Waals surface area (Å²) in [5.41, 5.74) is 1.51. The second-order valence-corrected chi connectivity index (χ2v) is 5.03. The van der Waals surface area contributed by atoms with E-state index < -0.39 is 5.97 Å². The topological polar surface area (TPSA) is 72.5 Å². The fraction of sp³-hybridized carbons (Fsp3) is 0.278. The Labute approximate surface area is 135 Å². The summed E-state index contributed by atoms with van der Waals surface area (Å²) < 4.78 is 4.82. The molecule has 0 radical (unpaired) electrons. The van der Waals surface area contributed by atoms with Crippen molar-refractivity contribution in [3.8, 4) is 0 Å². The Morgan fingerprint density at radius 2 is 2.04 bits per heavy atom. The average Bonchev–Trinajstić information content (AvgIpc) is 2.55. The Kier molecular flexibility index (Phi) is 5.46. The highest BCUT2D eigenvalue weighted by Gasteiger charge is 2.26. The highest BCUT2D eigenvalue weighted by molar-refractivity contribution is 6.25. The number of carbonyl (C=O) groups excluding carboxylic acids is 3. The number of hydrogen-bond donors (Lipinski definition) is 1. The fourth-order valence-electron chi connectivity index (χ4n) is 2.33. The Balaban J connectivity index is 2.35. The van der Waals surface area contributed by atoms with Crippen LogP contribution in [0.25, 0.3) is 6.08 Å². The summed E-state index contributed by atoms with van der Waals surface area (Å²) in [7, 11) is 0. The maximum absolute atomic E-state index is 12.5. The van der Waals surface area contributed by atoms with Gasteiger partial charge in [-0.15, -0.1) is 0 Å². The third-order valence-electron chi connectivity index (χ3n) is 3.36. The van der Waals surface area contributed by atoms with Crippen LogP contribution in [-0.4, -0.2) is 30.7 Å². The molecule has 1 aromatic rings. The minimum atomic E-state index is -0.486. The molecule has 23 heavy (non-hydrogen) atoms. The smallest absolute Gasteiger partial charge is 0.330 e. The molecule has 0 fully saturated rings. The normalized spacial score (nSPS) is 13.7. The highest BCUT2D eigenvalue weighted by Crippen LogP contribution is 2.24. The van der Waals surface area contributed by atoms with Gasteiger partial charge >= 0.3 is 5.97 Å². The van der Waals surface area contributed by atoms with E-state index in [0.717, 1.165) is 6.42 Å². The molecule has 0 bridgehead atoms. The van der Waals surface area contributed by atoms with Crippen molar-refractivity contribution in [2.45, 2.75) is 20.3 Å². The molecule has 0 aliphatic heterocycles. The number of hydrogen-bond acceptors (Lipinski definition) is 5. The molecule has 0 heterocycles. The molecule has 1 aliphatic rings. The van der Waals surface area contributed by atoms with Crippen molar-refractivity contribution in [3.63, 3.8) is 0 Å². The molecule has 5 heteroatoms. The number of ether oxygens (including phenoxy) is 1. The van der Waals surface area contributed by atoms with Crippen LogP contribution in [-0.2, 0) is 9.53 Å². The number of esters is 1. The predicted molar refractivity (Wildman–Crippen MR) is 87.1 cm³/mol. The summed E-state index contributed by atoms with van der Waals surface area (Å²) in [4.78, 5) is 36.3. The van der Waals surface area contributed by atoms with Crippen LogP contribution in [0.3, 0.4) is 0 Å². The minimum Gasteiger partial charge on any atom is -0.463 e. The molecule has 0 atom stereocenters. The first-order valence-corrected chi connectivity index (χ1v) is 7.60. The number of Topliss-reactive ketones (excluding diaryl/α,β-unsaturated/α-hetero) is 1. The van der Waals surface area contributed by atoms with Gasteiger partial charge in [-0.1, -0.05) is 25.1 Å². The van der Waals surface area contributed by atoms with Gasteiger partial charge in [0.25, 0.3) is 0 Å². The second kappa shape index (κ2) is 7.54. The van der Waals surface area contributed by atoms with E-state index in [0.29, 0.717) is 28.9 Å². The molecule has 0 aromatic heterocycles. The van der Waals surface area contributed by atoms with E-state index in [1.54, 1.807) is 25.1 Å². The molecule has 0 spiro atoms. The lowest BCUT2D eigenvalue weighted by Gasteiger charge is -2.17. The Hall–Kier alpha value is -2.69. The third-order valence-corrected chi connectivity index (χ3v) is 3.36. The van der Waals surface area contributed by atoms with Gasteiger partial charge in [0.05, 0.1) is 12.3 Å². The summed E-state index contributed by atoms with van der Waals surface area (Å²) in [6.07, 6.45) is 4.93. The van der Waals surface area contributed by atoms with Crippen LogP contribution >= 0.6 is 0 Å². The zero-order valence-corrected chi connectivity index (χ0v) is 13.2. The molecule has 1 N–H and O–H groups in total. The number of ketones is 2. The summed E-state index contributed by atoms with van der Waals surface area (Å²) in [6.45, 7) is 4.61. The van der Waals surface area contributed by atoms with Crippen LogP contribution in [0.2, 0.25) is 0 Å². The molecule has 1 aromatic carbocycles. The van der Waals surface area contributed by atoms with E-state index in [1.807, 2.05) is 6.92 Å². The van der Waals surface area contributed by atoms with E-state index in [2.05, 4.69) is 5.32 Å². The standard InChI is InChI=1S/C18H19NO4/c1-3-10-19-14-11-15(20)17-12(8-9-16(21)23-4-2)6-5-7-13(17)18(14)22/h5-9,11,19H,3-4,10H2,1-2H3/b9-8+. The predicted octanol–water partition coefficient (Wildman–Crippen LogP) is 2.53. The Morgan fingerprint density at radius 3 is 2.74 bits per heavy atom. The van der Waals surface area contributed by atoms with Gasteiger partial charge in [0.2, 0.25) is 5.78 Å². The summed E-state index contributed by atoms with van der Waals surface area (Å²) in [5.74, 6) is -0.942. The minimum absolute atomic E-state index is 0.209. The van der Waals surface area contributed by atoms with Crippen molar-refractivity contribution < 1.29 is 19.1 Å². The molecule has 0 amide bonds. The van der Waals surface area contributed by atoms with Gasteiger partial charge in [0.1, 0.15) is 0 Å². The summed E-state index contributed by atoms with van der Waals surface area (Å²) >= 11 is 0. The van der Waals surface area contributed by atoms with Crippen molar-refractivity contribution >= 4 is 23.6 Å². The second-order valence-electron chi connectivity index (χ2n) is 5.03. The zero-order valence-electron chi connectivity index (χ0n) is 13.2. The lowest BCUT2D eigenvalue weighted by molar-refractivity contribution is -0.137. The van der Waals surface area contributed by atoms with E-state index >= 15 is 0 Å². The largest absolute Gasteiger partial charge is 0.463 e. The molecule has 0 saturated heterocycles. The van der Waals surface area contributed by atoms with Crippen molar-refractivity contribution in [1.29, 1.82) is 0 Å². The van der Waals surface area contributed by atoms with Crippen LogP contribution < -0.4 is 5.32 Å². The zero-order chi connectivity index (χ0) is 16.8. The van der Waals surface area contributed by atoms with Crippen LogP contribution in [0.5, 0.6) is 0 Å². The van der Waals surface area contributed by atoms with Gasteiger partial charge in [-0.25, -0.2) is 4.79 Å². The van der Waals surface area contributed by atoms with Crippen LogP contribution in [0.4, 0.5) is 0 Å². The van der Waals surface area contributed by atoms with E-state index in [-0.39, 0.29) is 18.2 Å². The van der Waals surface area contributed by atoms with E-state index in [1.165, 1.54) is 18.2 Å². The van der Waals surface area contributed by atoms with Crippen molar-refractivity contribution in [3.05, 3.63) is 52.7 Å². The van der Waals surface area contributed by atoms with Crippen LogP contribution in [0.1, 0.15) is 46.5 Å². The first-order chi connectivity index (χ1) is 11.1. The summed E-state index contributed by atoms with van der Waals surface area (Å²) in [5, 5.41) is 2.98. The molecular weight excluding hydrogens is 294 g/mol. The van der Waals surface area contributed by atoms with Crippen molar-refractivity contribution in [1.82, 2.24) is 5.32 Å². The number of fused-ring (bicyclic) bond motifs is 1. The van der Waals surface area contributed by atoms with Gasteiger partial charge < -0.3 is 10.1 Å². The van der Waals surface area contributed by atoms with E-state index in [4.69, 9.17) is 4.74 Å². The molecule has 120 valence electrons. The Morgan fingerprint density at radius 1 is 1.26 bits per heavy atom. The first kappa shape index (κ1) is 16.7. The summed E-state index contributed by atoms with van der Waals surface area (Å²) in [6, 6.07) is 5.01. The SMILES string of the molecule is CCCNC1=CC(=O)c2c(/C=C/C(=O)OCC)cccc2C1=O. The number of allylic oxidation sites excluding steroid dienone is 2. The van der Waals surface area contributed by atoms with Crippen LogP contribution in [0, 0.1) is 0 Å². The number of benzene rings is 1. The van der Waals surface area contributed by atoms with Crippen LogP contribution in [0.15, 0.2) is 36.0 Å². The molecule has 2 rings (SSSR count). The first-order valence-electron chi connectivity index (χ1n) is 7.60. The van der Waals surface area contributed by atoms with Gasteiger partial charge in [-0.2, -0.15) is 0 Å². The number of nitrogens with one attached hydrogen (secondary N) is 1.